The van der Waals surface area contributed by atoms with Crippen molar-refractivity contribution in [3.8, 4) is 0 Å². The van der Waals surface area contributed by atoms with Gasteiger partial charge in [0.1, 0.15) is 12.4 Å². The van der Waals surface area contributed by atoms with Crippen LogP contribution in [0.25, 0.3) is 10.2 Å². The normalized spacial score (nSPS) is 11.8. The average Bonchev–Trinajstić information content (AvgIpc) is 2.91. The molecule has 9 heteroatoms. The number of halogens is 3. The molecule has 140 valence electrons. The standard InChI is InChI=1S/C18H13Cl2FN2O3S/c1-2-26-15(24)9-23-13-7-6-10(19)8-14(13)27-18(23)22-17(25)16-11(20)4-3-5-12(16)21/h3-8H,2,9H2,1H3. The smallest absolute Gasteiger partial charge is 0.326 e. The molecule has 1 amide bonds. The Balaban J connectivity index is 2.16. The Hall–Kier alpha value is -2.22. The number of hydrogen-bond acceptors (Lipinski definition) is 4. The van der Waals surface area contributed by atoms with Gasteiger partial charge < -0.3 is 9.30 Å². The maximum atomic E-state index is 14.0. The first-order valence-corrected chi connectivity index (χ1v) is 9.45. The van der Waals surface area contributed by atoms with Crippen LogP contribution in [0, 0.1) is 5.82 Å². The summed E-state index contributed by atoms with van der Waals surface area (Å²) in [5.74, 6) is -2.09. The van der Waals surface area contributed by atoms with Gasteiger partial charge in [0.25, 0.3) is 5.91 Å². The Labute approximate surface area is 167 Å². The number of carbonyl (C=O) groups is 2. The van der Waals surface area contributed by atoms with Gasteiger partial charge in [-0.25, -0.2) is 4.39 Å². The van der Waals surface area contributed by atoms with Gasteiger partial charge in [-0.05, 0) is 37.3 Å². The summed E-state index contributed by atoms with van der Waals surface area (Å²) in [4.78, 5) is 28.7. The van der Waals surface area contributed by atoms with Gasteiger partial charge in [-0.1, -0.05) is 40.6 Å². The fraction of sp³-hybridized carbons (Fsp3) is 0.167. The second-order valence-corrected chi connectivity index (χ2v) is 7.25. The number of benzene rings is 2. The van der Waals surface area contributed by atoms with Crippen LogP contribution in [0.2, 0.25) is 10.0 Å². The highest BCUT2D eigenvalue weighted by Crippen LogP contribution is 2.23. The number of aromatic nitrogens is 1. The molecule has 0 spiro atoms. The van der Waals surface area contributed by atoms with Crippen LogP contribution >= 0.6 is 34.5 Å². The summed E-state index contributed by atoms with van der Waals surface area (Å²) in [6, 6.07) is 9.01. The molecule has 2 aromatic carbocycles. The van der Waals surface area contributed by atoms with Crippen molar-refractivity contribution in [2.75, 3.05) is 6.61 Å². The van der Waals surface area contributed by atoms with Crippen molar-refractivity contribution in [3.05, 3.63) is 62.6 Å². The zero-order valence-corrected chi connectivity index (χ0v) is 16.4. The molecule has 0 N–H and O–H groups in total. The number of ether oxygens (including phenoxy) is 1. The number of hydrogen-bond donors (Lipinski definition) is 0. The molecule has 0 saturated carbocycles. The minimum absolute atomic E-state index is 0.0372. The van der Waals surface area contributed by atoms with Gasteiger partial charge in [0.15, 0.2) is 4.80 Å². The molecule has 0 unspecified atom stereocenters. The zero-order chi connectivity index (χ0) is 19.6. The molecule has 1 heterocycles. The summed E-state index contributed by atoms with van der Waals surface area (Å²) in [6.07, 6.45) is 0. The minimum atomic E-state index is -0.839. The number of thiazole rings is 1. The van der Waals surface area contributed by atoms with Gasteiger partial charge >= 0.3 is 5.97 Å². The van der Waals surface area contributed by atoms with Crippen LogP contribution in [0.15, 0.2) is 41.4 Å². The van der Waals surface area contributed by atoms with Crippen molar-refractivity contribution in [2.24, 2.45) is 4.99 Å². The molecular formula is C18H13Cl2FN2O3S. The molecule has 3 rings (SSSR count). The number of nitrogens with zero attached hydrogens (tertiary/aromatic N) is 2. The van der Waals surface area contributed by atoms with Gasteiger partial charge in [-0.15, -0.1) is 0 Å². The molecule has 27 heavy (non-hydrogen) atoms. The lowest BCUT2D eigenvalue weighted by molar-refractivity contribution is -0.143. The van der Waals surface area contributed by atoms with Crippen LogP contribution in [0.5, 0.6) is 0 Å². The summed E-state index contributed by atoms with van der Waals surface area (Å²) in [6.45, 7) is 1.78. The van der Waals surface area contributed by atoms with Crippen molar-refractivity contribution in [2.45, 2.75) is 13.5 Å². The van der Waals surface area contributed by atoms with E-state index in [1.807, 2.05) is 0 Å². The van der Waals surface area contributed by atoms with E-state index in [1.54, 1.807) is 25.1 Å². The maximum Gasteiger partial charge on any atom is 0.326 e. The molecule has 0 aliphatic rings. The van der Waals surface area contributed by atoms with Crippen LogP contribution in [0.1, 0.15) is 17.3 Å². The molecular weight excluding hydrogens is 414 g/mol. The van der Waals surface area contributed by atoms with Crippen LogP contribution < -0.4 is 4.80 Å². The van der Waals surface area contributed by atoms with Crippen LogP contribution in [0.3, 0.4) is 0 Å². The Morgan fingerprint density at radius 2 is 2.04 bits per heavy atom. The summed E-state index contributed by atoms with van der Waals surface area (Å²) < 4.78 is 21.2. The third-order valence-electron chi connectivity index (χ3n) is 3.61. The monoisotopic (exact) mass is 426 g/mol. The molecule has 0 fully saturated rings. The number of esters is 1. The van der Waals surface area contributed by atoms with E-state index in [4.69, 9.17) is 27.9 Å². The Morgan fingerprint density at radius 1 is 1.26 bits per heavy atom. The van der Waals surface area contributed by atoms with E-state index in [9.17, 15) is 14.0 Å². The van der Waals surface area contributed by atoms with Gasteiger partial charge in [-0.3, -0.25) is 9.59 Å². The van der Waals surface area contributed by atoms with E-state index in [0.29, 0.717) is 10.5 Å². The fourth-order valence-electron chi connectivity index (χ4n) is 2.47. The van der Waals surface area contributed by atoms with Crippen LogP contribution in [-0.4, -0.2) is 23.1 Å². The van der Waals surface area contributed by atoms with Crippen molar-refractivity contribution < 1.29 is 18.7 Å². The molecule has 5 nitrogen and oxygen atoms in total. The second-order valence-electron chi connectivity index (χ2n) is 5.40. The number of amides is 1. The molecule has 0 aliphatic carbocycles. The van der Waals surface area contributed by atoms with Crippen molar-refractivity contribution in [3.63, 3.8) is 0 Å². The summed E-state index contributed by atoms with van der Waals surface area (Å²) >= 11 is 13.1. The van der Waals surface area contributed by atoms with Crippen molar-refractivity contribution >= 4 is 56.6 Å². The molecule has 3 aromatic rings. The SMILES string of the molecule is CCOC(=O)Cn1c(=NC(=O)c2c(F)cccc2Cl)sc2cc(Cl)ccc21. The van der Waals surface area contributed by atoms with Crippen LogP contribution in [-0.2, 0) is 16.1 Å². The number of fused-ring (bicyclic) bond motifs is 1. The fourth-order valence-corrected chi connectivity index (χ4v) is 4.01. The first-order chi connectivity index (χ1) is 12.9. The average molecular weight is 427 g/mol. The highest BCUT2D eigenvalue weighted by molar-refractivity contribution is 7.16. The van der Waals surface area contributed by atoms with E-state index < -0.39 is 17.7 Å². The Kier molecular flexibility index (Phi) is 5.94. The van der Waals surface area contributed by atoms with E-state index in [0.717, 1.165) is 22.1 Å². The summed E-state index contributed by atoms with van der Waals surface area (Å²) in [5.41, 5.74) is 0.334. The number of rotatable bonds is 4. The van der Waals surface area contributed by atoms with E-state index in [2.05, 4.69) is 4.99 Å². The zero-order valence-electron chi connectivity index (χ0n) is 14.0. The predicted octanol–water partition coefficient (Wildman–Crippen LogP) is 4.45. The lowest BCUT2D eigenvalue weighted by Crippen LogP contribution is -2.23. The molecule has 1 aromatic heterocycles. The lowest BCUT2D eigenvalue weighted by atomic mass is 10.2. The van der Waals surface area contributed by atoms with E-state index >= 15 is 0 Å². The topological polar surface area (TPSA) is 60.7 Å². The van der Waals surface area contributed by atoms with Crippen molar-refractivity contribution in [1.29, 1.82) is 0 Å². The Morgan fingerprint density at radius 3 is 2.74 bits per heavy atom. The van der Waals surface area contributed by atoms with E-state index in [-0.39, 0.29) is 28.5 Å². The largest absolute Gasteiger partial charge is 0.465 e. The van der Waals surface area contributed by atoms with Crippen LogP contribution in [0.4, 0.5) is 4.39 Å². The highest BCUT2D eigenvalue weighted by atomic mass is 35.5. The highest BCUT2D eigenvalue weighted by Gasteiger charge is 2.17. The first-order valence-electron chi connectivity index (χ1n) is 7.88. The molecule has 0 atom stereocenters. The Bertz CT molecular complexity index is 1090. The predicted molar refractivity (Wildman–Crippen MR) is 103 cm³/mol. The van der Waals surface area contributed by atoms with Crippen molar-refractivity contribution in [1.82, 2.24) is 4.57 Å². The minimum Gasteiger partial charge on any atom is -0.465 e. The summed E-state index contributed by atoms with van der Waals surface area (Å²) in [5, 5.41) is 0.465. The quantitative estimate of drug-likeness (QED) is 0.578. The van der Waals surface area contributed by atoms with Gasteiger partial charge in [0.05, 0.1) is 27.4 Å². The lowest BCUT2D eigenvalue weighted by Gasteiger charge is -2.05. The molecule has 0 saturated heterocycles. The number of carbonyl (C=O) groups excluding carboxylic acids is 2. The molecule has 0 bridgehead atoms. The molecule has 0 radical (unpaired) electrons. The van der Waals surface area contributed by atoms with Gasteiger partial charge in [0, 0.05) is 5.02 Å². The maximum absolute atomic E-state index is 14.0. The third kappa shape index (κ3) is 4.21. The molecule has 0 aliphatic heterocycles. The van der Waals surface area contributed by atoms with Gasteiger partial charge in [0.2, 0.25) is 0 Å². The van der Waals surface area contributed by atoms with Gasteiger partial charge in [-0.2, -0.15) is 4.99 Å². The second kappa shape index (κ2) is 8.21. The van der Waals surface area contributed by atoms with E-state index in [1.165, 1.54) is 16.7 Å². The first kappa shape index (κ1) is 19.5. The summed E-state index contributed by atoms with van der Waals surface area (Å²) in [7, 11) is 0. The third-order valence-corrected chi connectivity index (χ3v) is 5.20.